The fraction of sp³-hybridized carbons (Fsp3) is 0.273. The minimum absolute atomic E-state index is 0.0280. The fourth-order valence-corrected chi connectivity index (χ4v) is 3.62. The van der Waals surface area contributed by atoms with E-state index in [2.05, 4.69) is 15.1 Å². The van der Waals surface area contributed by atoms with Crippen molar-refractivity contribution >= 4 is 29.1 Å². The molecular weight excluding hydrogens is 423 g/mol. The minimum atomic E-state index is -0.0280. The number of halogens is 2. The third-order valence-electron chi connectivity index (χ3n) is 5.10. The van der Waals surface area contributed by atoms with Crippen LogP contribution in [0.2, 0.25) is 10.0 Å². The van der Waals surface area contributed by atoms with Crippen LogP contribution in [0.4, 0.5) is 0 Å². The number of benzene rings is 2. The molecule has 6 nitrogen and oxygen atoms in total. The number of piperazine rings is 1. The third-order valence-corrected chi connectivity index (χ3v) is 5.60. The van der Waals surface area contributed by atoms with Gasteiger partial charge in [-0.05, 0) is 42.5 Å². The molecule has 0 radical (unpaired) electrons. The Labute approximate surface area is 185 Å². The molecule has 1 aliphatic rings. The second-order valence-corrected chi connectivity index (χ2v) is 7.98. The van der Waals surface area contributed by atoms with Gasteiger partial charge in [-0.25, -0.2) is 0 Å². The number of hydrogen-bond donors (Lipinski definition) is 1. The summed E-state index contributed by atoms with van der Waals surface area (Å²) in [7, 11) is 0. The molecule has 1 aromatic heterocycles. The number of carbonyl (C=O) groups is 1. The first-order chi connectivity index (χ1) is 14.6. The van der Waals surface area contributed by atoms with Gasteiger partial charge in [-0.2, -0.15) is 5.10 Å². The Morgan fingerprint density at radius 1 is 0.967 bits per heavy atom. The van der Waals surface area contributed by atoms with Crippen LogP contribution in [0.1, 0.15) is 10.5 Å². The first kappa shape index (κ1) is 20.7. The van der Waals surface area contributed by atoms with Gasteiger partial charge in [0.15, 0.2) is 0 Å². The molecule has 3 aromatic rings. The van der Waals surface area contributed by atoms with Gasteiger partial charge < -0.3 is 9.64 Å². The molecule has 1 fully saturated rings. The lowest BCUT2D eigenvalue weighted by Gasteiger charge is -2.34. The summed E-state index contributed by atoms with van der Waals surface area (Å²) < 4.78 is 5.76. The van der Waals surface area contributed by atoms with Crippen LogP contribution >= 0.6 is 23.2 Å². The van der Waals surface area contributed by atoms with E-state index in [1.54, 1.807) is 6.07 Å². The van der Waals surface area contributed by atoms with Crippen molar-refractivity contribution in [2.24, 2.45) is 0 Å². The number of nitrogens with zero attached hydrogens (tertiary/aromatic N) is 3. The molecule has 8 heteroatoms. The van der Waals surface area contributed by atoms with Gasteiger partial charge in [0.1, 0.15) is 18.1 Å². The van der Waals surface area contributed by atoms with E-state index in [1.165, 1.54) is 0 Å². The Balaban J connectivity index is 1.25. The molecule has 2 aromatic carbocycles. The molecule has 2 heterocycles. The molecule has 1 aliphatic heterocycles. The lowest BCUT2D eigenvalue weighted by molar-refractivity contribution is 0.0614. The molecule has 1 amide bonds. The molecule has 0 unspecified atom stereocenters. The van der Waals surface area contributed by atoms with Gasteiger partial charge in [-0.3, -0.25) is 14.8 Å². The summed E-state index contributed by atoms with van der Waals surface area (Å²) in [5, 5.41) is 8.50. The van der Waals surface area contributed by atoms with Crippen molar-refractivity contribution in [1.29, 1.82) is 0 Å². The van der Waals surface area contributed by atoms with Crippen molar-refractivity contribution < 1.29 is 9.53 Å². The Hall–Kier alpha value is -2.54. The molecule has 30 heavy (non-hydrogen) atoms. The predicted molar refractivity (Wildman–Crippen MR) is 118 cm³/mol. The van der Waals surface area contributed by atoms with Gasteiger partial charge in [0, 0.05) is 48.3 Å². The molecule has 0 bridgehead atoms. The highest BCUT2D eigenvalue weighted by Gasteiger charge is 2.23. The molecule has 1 N–H and O–H groups in total. The van der Waals surface area contributed by atoms with E-state index < -0.39 is 0 Å². The van der Waals surface area contributed by atoms with E-state index in [1.807, 2.05) is 53.4 Å². The van der Waals surface area contributed by atoms with Crippen LogP contribution in [0.5, 0.6) is 5.75 Å². The zero-order valence-electron chi connectivity index (χ0n) is 16.4. The Morgan fingerprint density at radius 3 is 2.27 bits per heavy atom. The van der Waals surface area contributed by atoms with Crippen molar-refractivity contribution in [1.82, 2.24) is 20.0 Å². The first-order valence-corrected chi connectivity index (χ1v) is 10.6. The zero-order chi connectivity index (χ0) is 20.9. The largest absolute Gasteiger partial charge is 0.492 e. The van der Waals surface area contributed by atoms with Crippen molar-refractivity contribution in [3.63, 3.8) is 0 Å². The summed E-state index contributed by atoms with van der Waals surface area (Å²) >= 11 is 11.8. The summed E-state index contributed by atoms with van der Waals surface area (Å²) in [6, 6.07) is 16.5. The molecule has 156 valence electrons. The zero-order valence-corrected chi connectivity index (χ0v) is 17.9. The number of H-pyrrole nitrogens is 1. The van der Waals surface area contributed by atoms with Gasteiger partial charge in [0.05, 0.1) is 5.69 Å². The topological polar surface area (TPSA) is 61.5 Å². The summed E-state index contributed by atoms with van der Waals surface area (Å²) in [6.07, 6.45) is 0. The Morgan fingerprint density at radius 2 is 1.60 bits per heavy atom. The number of ether oxygens (including phenoxy) is 1. The standard InChI is InChI=1S/C22H22Cl2N4O2/c23-17-3-1-16(2-4-17)20-15-21(26-25-20)22(29)28-11-9-27(10-12-28)13-14-30-19-7-5-18(24)6-8-19/h1-8,15H,9-14H2,(H,25,26). The lowest BCUT2D eigenvalue weighted by Crippen LogP contribution is -2.49. The maximum absolute atomic E-state index is 12.8. The molecule has 0 saturated carbocycles. The normalized spacial score (nSPS) is 14.7. The molecule has 0 spiro atoms. The van der Waals surface area contributed by atoms with E-state index in [0.29, 0.717) is 35.4 Å². The van der Waals surface area contributed by atoms with Crippen LogP contribution in [-0.2, 0) is 0 Å². The minimum Gasteiger partial charge on any atom is -0.492 e. The van der Waals surface area contributed by atoms with Crippen molar-refractivity contribution in [2.45, 2.75) is 0 Å². The third kappa shape index (κ3) is 5.14. The maximum Gasteiger partial charge on any atom is 0.271 e. The number of amides is 1. The lowest BCUT2D eigenvalue weighted by atomic mass is 10.1. The monoisotopic (exact) mass is 444 g/mol. The van der Waals surface area contributed by atoms with E-state index in [-0.39, 0.29) is 5.91 Å². The fourth-order valence-electron chi connectivity index (χ4n) is 3.37. The number of hydrogen-bond acceptors (Lipinski definition) is 4. The number of carbonyl (C=O) groups excluding carboxylic acids is 1. The molecular formula is C22H22Cl2N4O2. The van der Waals surface area contributed by atoms with Crippen LogP contribution in [0.25, 0.3) is 11.3 Å². The first-order valence-electron chi connectivity index (χ1n) is 9.80. The quantitative estimate of drug-likeness (QED) is 0.617. The van der Waals surface area contributed by atoms with Crippen LogP contribution in [0.3, 0.4) is 0 Å². The Kier molecular flexibility index (Phi) is 6.57. The van der Waals surface area contributed by atoms with E-state index in [0.717, 1.165) is 36.6 Å². The summed E-state index contributed by atoms with van der Waals surface area (Å²) in [4.78, 5) is 17.0. The number of aromatic amines is 1. The van der Waals surface area contributed by atoms with Crippen LogP contribution in [-0.4, -0.2) is 65.2 Å². The van der Waals surface area contributed by atoms with Crippen molar-refractivity contribution in [3.8, 4) is 17.0 Å². The van der Waals surface area contributed by atoms with Crippen molar-refractivity contribution in [2.75, 3.05) is 39.3 Å². The highest BCUT2D eigenvalue weighted by molar-refractivity contribution is 6.30. The Bertz CT molecular complexity index is 981. The van der Waals surface area contributed by atoms with Gasteiger partial charge in [0.25, 0.3) is 5.91 Å². The second-order valence-electron chi connectivity index (χ2n) is 7.11. The van der Waals surface area contributed by atoms with Crippen molar-refractivity contribution in [3.05, 3.63) is 70.3 Å². The highest BCUT2D eigenvalue weighted by Crippen LogP contribution is 2.21. The SMILES string of the molecule is O=C(c1cc(-c2ccc(Cl)cc2)n[nH]1)N1CCN(CCOc2ccc(Cl)cc2)CC1. The van der Waals surface area contributed by atoms with E-state index in [9.17, 15) is 4.79 Å². The number of rotatable bonds is 6. The molecule has 0 aliphatic carbocycles. The van der Waals surface area contributed by atoms with Crippen LogP contribution in [0.15, 0.2) is 54.6 Å². The van der Waals surface area contributed by atoms with Crippen LogP contribution < -0.4 is 4.74 Å². The highest BCUT2D eigenvalue weighted by atomic mass is 35.5. The van der Waals surface area contributed by atoms with Gasteiger partial charge in [-0.15, -0.1) is 0 Å². The van der Waals surface area contributed by atoms with E-state index in [4.69, 9.17) is 27.9 Å². The molecule has 1 saturated heterocycles. The van der Waals surface area contributed by atoms with Crippen LogP contribution in [0, 0.1) is 0 Å². The smallest absolute Gasteiger partial charge is 0.271 e. The predicted octanol–water partition coefficient (Wildman–Crippen LogP) is 4.22. The average Bonchev–Trinajstić information content (AvgIpc) is 3.26. The summed E-state index contributed by atoms with van der Waals surface area (Å²) in [5.41, 5.74) is 2.15. The number of aromatic nitrogens is 2. The van der Waals surface area contributed by atoms with E-state index >= 15 is 0 Å². The van der Waals surface area contributed by atoms with Gasteiger partial charge in [0.2, 0.25) is 0 Å². The summed E-state index contributed by atoms with van der Waals surface area (Å²) in [6.45, 7) is 4.39. The average molecular weight is 445 g/mol. The maximum atomic E-state index is 12.8. The van der Waals surface area contributed by atoms with Gasteiger partial charge >= 0.3 is 0 Å². The number of nitrogens with one attached hydrogen (secondary N) is 1. The van der Waals surface area contributed by atoms with Gasteiger partial charge in [-0.1, -0.05) is 35.3 Å². The molecule has 0 atom stereocenters. The summed E-state index contributed by atoms with van der Waals surface area (Å²) in [5.74, 6) is 0.781. The second kappa shape index (κ2) is 9.51. The molecule has 4 rings (SSSR count).